The smallest absolute Gasteiger partial charge is 0.228 e. The number of pyridine rings is 1. The Morgan fingerprint density at radius 1 is 1.04 bits per heavy atom. The minimum absolute atomic E-state index is 0. The molecule has 23 heavy (non-hydrogen) atoms. The number of halogens is 2. The lowest BCUT2D eigenvalue weighted by Crippen LogP contribution is -3.00. The predicted molar refractivity (Wildman–Crippen MR) is 84.8 cm³/mol. The van der Waals surface area contributed by atoms with Gasteiger partial charge < -0.3 is 31.2 Å². The van der Waals surface area contributed by atoms with Gasteiger partial charge in [-0.05, 0) is 28.1 Å². The highest BCUT2D eigenvalue weighted by Crippen LogP contribution is 2.33. The average molecular weight is 447 g/mol. The molecule has 0 aliphatic rings. The number of hydrogen-bond donors (Lipinski definition) is 0. The van der Waals surface area contributed by atoms with Gasteiger partial charge in [-0.3, -0.25) is 4.79 Å². The van der Waals surface area contributed by atoms with Gasteiger partial charge in [-0.2, -0.15) is 4.57 Å². The van der Waals surface area contributed by atoms with Crippen LogP contribution in [0.3, 0.4) is 0 Å². The van der Waals surface area contributed by atoms with Crippen LogP contribution in [-0.4, -0.2) is 27.1 Å². The zero-order chi connectivity index (χ0) is 16.1. The zero-order valence-electron chi connectivity index (χ0n) is 13.0. The summed E-state index contributed by atoms with van der Waals surface area (Å²) in [6.07, 6.45) is 3.59. The first-order valence-electron chi connectivity index (χ1n) is 6.57. The van der Waals surface area contributed by atoms with Crippen molar-refractivity contribution in [3.63, 3.8) is 0 Å². The Morgan fingerprint density at radius 2 is 1.61 bits per heavy atom. The van der Waals surface area contributed by atoms with Gasteiger partial charge in [0.15, 0.2) is 23.9 Å². The van der Waals surface area contributed by atoms with Crippen molar-refractivity contribution in [3.05, 3.63) is 46.7 Å². The lowest BCUT2D eigenvalue weighted by atomic mass is 10.1. The average Bonchev–Trinajstić information content (AvgIpc) is 2.55. The maximum Gasteiger partial charge on any atom is 0.228 e. The Labute approximate surface area is 154 Å². The molecule has 2 aromatic rings. The Hall–Kier alpha value is -1.60. The van der Waals surface area contributed by atoms with E-state index in [0.717, 1.165) is 5.75 Å². The van der Waals surface area contributed by atoms with Crippen LogP contribution in [0, 0.1) is 0 Å². The number of carbonyl (C=O) groups is 1. The summed E-state index contributed by atoms with van der Waals surface area (Å²) in [5.41, 5.74) is 0.543. The van der Waals surface area contributed by atoms with E-state index < -0.39 is 0 Å². The van der Waals surface area contributed by atoms with E-state index >= 15 is 0 Å². The topological polar surface area (TPSA) is 48.6 Å². The summed E-state index contributed by atoms with van der Waals surface area (Å²) in [6, 6.07) is 7.01. The van der Waals surface area contributed by atoms with E-state index in [9.17, 15) is 4.79 Å². The number of methoxy groups -OCH3 is 3. The molecule has 0 saturated heterocycles. The molecule has 0 spiro atoms. The number of nitrogens with zero attached hydrogens (tertiary/aromatic N) is 1. The molecule has 1 heterocycles. The Kier molecular flexibility index (Phi) is 7.51. The van der Waals surface area contributed by atoms with E-state index in [2.05, 4.69) is 15.9 Å². The Balaban J connectivity index is 0.00000264. The monoisotopic (exact) mass is 445 g/mol. The molecular weight excluding hydrogens is 430 g/mol. The van der Waals surface area contributed by atoms with Crippen LogP contribution in [0.15, 0.2) is 41.1 Å². The van der Waals surface area contributed by atoms with E-state index in [1.165, 1.54) is 7.11 Å². The summed E-state index contributed by atoms with van der Waals surface area (Å²) in [5, 5.41) is 0. The van der Waals surface area contributed by atoms with Crippen molar-refractivity contribution in [2.45, 2.75) is 6.54 Å². The van der Waals surface area contributed by atoms with Crippen LogP contribution >= 0.6 is 15.9 Å². The highest BCUT2D eigenvalue weighted by atomic mass is 79.9. The molecule has 1 aromatic carbocycles. The first kappa shape index (κ1) is 19.4. The van der Waals surface area contributed by atoms with E-state index in [-0.39, 0.29) is 29.3 Å². The third-order valence-electron chi connectivity index (χ3n) is 3.20. The van der Waals surface area contributed by atoms with E-state index in [4.69, 9.17) is 14.2 Å². The van der Waals surface area contributed by atoms with Crippen LogP contribution in [0.25, 0.3) is 0 Å². The maximum absolute atomic E-state index is 12.5. The van der Waals surface area contributed by atoms with E-state index in [1.54, 1.807) is 55.4 Å². The van der Waals surface area contributed by atoms with Crippen molar-refractivity contribution in [2.24, 2.45) is 0 Å². The summed E-state index contributed by atoms with van der Waals surface area (Å²) >= 11 is 3.40. The molecule has 0 atom stereocenters. The first-order chi connectivity index (χ1) is 10.6. The van der Waals surface area contributed by atoms with Crippen LogP contribution in [0.5, 0.6) is 17.2 Å². The number of hydrogen-bond acceptors (Lipinski definition) is 4. The highest BCUT2D eigenvalue weighted by Gasteiger charge is 2.18. The molecule has 2 rings (SSSR count). The number of carbonyl (C=O) groups excluding carboxylic acids is 1. The van der Waals surface area contributed by atoms with Crippen molar-refractivity contribution >= 4 is 21.7 Å². The number of benzene rings is 1. The van der Waals surface area contributed by atoms with Crippen LogP contribution in [0.4, 0.5) is 0 Å². The predicted octanol–water partition coefficient (Wildman–Crippen LogP) is -0.351. The first-order valence-corrected chi connectivity index (χ1v) is 7.36. The summed E-state index contributed by atoms with van der Waals surface area (Å²) in [5.74, 6) is 1.80. The van der Waals surface area contributed by atoms with E-state index in [1.807, 2.05) is 0 Å². The molecule has 7 heteroatoms. The van der Waals surface area contributed by atoms with Crippen LogP contribution < -0.4 is 35.8 Å². The van der Waals surface area contributed by atoms with Gasteiger partial charge in [0.25, 0.3) is 0 Å². The lowest BCUT2D eigenvalue weighted by Gasteiger charge is -2.10. The molecule has 1 aromatic heterocycles. The fourth-order valence-electron chi connectivity index (χ4n) is 2.00. The molecule has 0 bridgehead atoms. The van der Waals surface area contributed by atoms with Gasteiger partial charge in [-0.25, -0.2) is 0 Å². The van der Waals surface area contributed by atoms with Gasteiger partial charge in [-0.1, -0.05) is 0 Å². The van der Waals surface area contributed by atoms with Crippen LogP contribution in [0.2, 0.25) is 0 Å². The molecule has 0 saturated carbocycles. The molecule has 5 nitrogen and oxygen atoms in total. The van der Waals surface area contributed by atoms with Crippen molar-refractivity contribution in [3.8, 4) is 17.2 Å². The fourth-order valence-corrected chi connectivity index (χ4v) is 2.55. The maximum atomic E-state index is 12.5. The Morgan fingerprint density at radius 3 is 2.13 bits per heavy atom. The third kappa shape index (κ3) is 4.68. The van der Waals surface area contributed by atoms with Gasteiger partial charge in [0.2, 0.25) is 12.3 Å². The van der Waals surface area contributed by atoms with Crippen molar-refractivity contribution in [2.75, 3.05) is 21.3 Å². The van der Waals surface area contributed by atoms with Crippen molar-refractivity contribution in [1.29, 1.82) is 0 Å². The minimum Gasteiger partial charge on any atom is -1.00 e. The van der Waals surface area contributed by atoms with Crippen LogP contribution in [0.1, 0.15) is 10.4 Å². The quantitative estimate of drug-likeness (QED) is 0.449. The molecule has 124 valence electrons. The number of ketones is 1. The number of ether oxygens (including phenoxy) is 3. The molecular formula is C16H17Br2NO4. The van der Waals surface area contributed by atoms with Gasteiger partial charge >= 0.3 is 0 Å². The Bertz CT molecular complexity index is 675. The number of aromatic nitrogens is 1. The molecule has 0 unspecified atom stereocenters. The minimum atomic E-state index is -0.0389. The molecule has 0 N–H and O–H groups in total. The SMILES string of the molecule is COc1cc[n+](CC(=O)c2cc(OC)c(OC)cc2Br)cc1.[Br-]. The summed E-state index contributed by atoms with van der Waals surface area (Å²) in [6.45, 7) is 0.220. The van der Waals surface area contributed by atoms with Gasteiger partial charge in [0.1, 0.15) is 5.75 Å². The van der Waals surface area contributed by atoms with E-state index in [0.29, 0.717) is 21.5 Å². The molecule has 0 aliphatic heterocycles. The number of rotatable bonds is 6. The second kappa shape index (κ2) is 8.88. The van der Waals surface area contributed by atoms with Crippen molar-refractivity contribution in [1.82, 2.24) is 0 Å². The number of Topliss-reactive ketones (excluding diaryl/α,β-unsaturated/α-hetero) is 1. The van der Waals surface area contributed by atoms with Gasteiger partial charge in [0, 0.05) is 22.2 Å². The third-order valence-corrected chi connectivity index (χ3v) is 3.85. The molecule has 0 aliphatic carbocycles. The summed E-state index contributed by atoms with van der Waals surface area (Å²) < 4.78 is 18.0. The lowest BCUT2D eigenvalue weighted by molar-refractivity contribution is -0.683. The standard InChI is InChI=1S/C16H17BrNO4.BrH/c1-20-11-4-6-18(7-5-11)10-14(19)12-8-15(21-2)16(22-3)9-13(12)17;/h4-9H,10H2,1-3H3;1H/q+1;/p-1. The summed E-state index contributed by atoms with van der Waals surface area (Å²) in [7, 11) is 4.70. The second-order valence-electron chi connectivity index (χ2n) is 4.52. The normalized spacial score (nSPS) is 9.74. The van der Waals surface area contributed by atoms with Gasteiger partial charge in [-0.15, -0.1) is 0 Å². The highest BCUT2D eigenvalue weighted by molar-refractivity contribution is 9.10. The van der Waals surface area contributed by atoms with Crippen LogP contribution in [-0.2, 0) is 6.54 Å². The largest absolute Gasteiger partial charge is 1.00 e. The second-order valence-corrected chi connectivity index (χ2v) is 5.37. The van der Waals surface area contributed by atoms with Gasteiger partial charge in [0.05, 0.1) is 21.3 Å². The molecule has 0 amide bonds. The molecule has 0 fully saturated rings. The van der Waals surface area contributed by atoms with Crippen molar-refractivity contribution < 1.29 is 40.6 Å². The molecule has 0 radical (unpaired) electrons. The fraction of sp³-hybridized carbons (Fsp3) is 0.250. The summed E-state index contributed by atoms with van der Waals surface area (Å²) in [4.78, 5) is 12.5. The zero-order valence-corrected chi connectivity index (χ0v) is 16.2.